The van der Waals surface area contributed by atoms with Gasteiger partial charge in [0.2, 0.25) is 0 Å². The standard InChI is InChI=1S/C19H23N5O4S/c1-3-5-14-7-8-15(28-14)18(25)23-9-4-6-13(11-23)17-16(29(2,26)27)10-20-19-21-12-22-24(17)19/h7-8,10,12-13H,3-6,9,11H2,1-2H3. The number of nitrogens with zero attached hydrogens (tertiary/aromatic N) is 5. The fraction of sp³-hybridized carbons (Fsp3) is 0.474. The number of rotatable bonds is 5. The van der Waals surface area contributed by atoms with Gasteiger partial charge in [0.15, 0.2) is 15.6 Å². The lowest BCUT2D eigenvalue weighted by Crippen LogP contribution is -2.39. The van der Waals surface area contributed by atoms with Gasteiger partial charge in [-0.3, -0.25) is 4.79 Å². The van der Waals surface area contributed by atoms with E-state index in [9.17, 15) is 13.2 Å². The smallest absolute Gasteiger partial charge is 0.289 e. The van der Waals surface area contributed by atoms with E-state index >= 15 is 0 Å². The summed E-state index contributed by atoms with van der Waals surface area (Å²) in [6.45, 7) is 3.03. The number of carbonyl (C=O) groups excluding carboxylic acids is 1. The Hall–Kier alpha value is -2.75. The largest absolute Gasteiger partial charge is 0.456 e. The summed E-state index contributed by atoms with van der Waals surface area (Å²) in [5, 5.41) is 4.18. The molecule has 0 spiro atoms. The van der Waals surface area contributed by atoms with E-state index in [1.807, 2.05) is 6.07 Å². The van der Waals surface area contributed by atoms with Crippen molar-refractivity contribution in [1.82, 2.24) is 24.5 Å². The third-order valence-corrected chi connectivity index (χ3v) is 6.28. The van der Waals surface area contributed by atoms with Crippen molar-refractivity contribution < 1.29 is 17.6 Å². The topological polar surface area (TPSA) is 111 Å². The highest BCUT2D eigenvalue weighted by Crippen LogP contribution is 2.32. The minimum Gasteiger partial charge on any atom is -0.456 e. The fourth-order valence-electron chi connectivity index (χ4n) is 3.85. The molecule has 1 amide bonds. The van der Waals surface area contributed by atoms with Crippen molar-refractivity contribution in [3.8, 4) is 0 Å². The molecule has 0 bridgehead atoms. The number of sulfone groups is 1. The van der Waals surface area contributed by atoms with Crippen molar-refractivity contribution in [3.05, 3.63) is 41.9 Å². The lowest BCUT2D eigenvalue weighted by molar-refractivity contribution is 0.0670. The summed E-state index contributed by atoms with van der Waals surface area (Å²) < 4.78 is 31.9. The van der Waals surface area contributed by atoms with E-state index in [1.54, 1.807) is 11.0 Å². The predicted molar refractivity (Wildman–Crippen MR) is 104 cm³/mol. The second-order valence-corrected chi connectivity index (χ2v) is 9.34. The molecule has 1 saturated heterocycles. The van der Waals surface area contributed by atoms with Crippen LogP contribution in [-0.2, 0) is 16.3 Å². The molecule has 0 radical (unpaired) electrons. The number of aryl methyl sites for hydroxylation is 1. The predicted octanol–water partition coefficient (Wildman–Crippen LogP) is 2.09. The number of hydrogen-bond acceptors (Lipinski definition) is 7. The Labute approximate surface area is 168 Å². The zero-order chi connectivity index (χ0) is 20.6. The maximum Gasteiger partial charge on any atom is 0.289 e. The first kappa shape index (κ1) is 19.6. The van der Waals surface area contributed by atoms with Crippen molar-refractivity contribution in [2.24, 2.45) is 0 Å². The molecule has 0 saturated carbocycles. The third-order valence-electron chi connectivity index (χ3n) is 5.17. The van der Waals surface area contributed by atoms with Gasteiger partial charge in [0.1, 0.15) is 17.0 Å². The zero-order valence-electron chi connectivity index (χ0n) is 16.4. The van der Waals surface area contributed by atoms with Crippen LogP contribution in [0.15, 0.2) is 34.0 Å². The lowest BCUT2D eigenvalue weighted by atomic mass is 9.94. The molecular formula is C19H23N5O4S. The van der Waals surface area contributed by atoms with Gasteiger partial charge in [0, 0.05) is 31.7 Å². The Morgan fingerprint density at radius 3 is 2.90 bits per heavy atom. The first-order chi connectivity index (χ1) is 13.9. The van der Waals surface area contributed by atoms with Gasteiger partial charge >= 0.3 is 0 Å². The van der Waals surface area contributed by atoms with Gasteiger partial charge in [-0.1, -0.05) is 6.92 Å². The van der Waals surface area contributed by atoms with Crippen LogP contribution in [0.25, 0.3) is 5.78 Å². The highest BCUT2D eigenvalue weighted by molar-refractivity contribution is 7.90. The van der Waals surface area contributed by atoms with Crippen LogP contribution in [0.4, 0.5) is 0 Å². The molecule has 3 aromatic heterocycles. The molecule has 9 nitrogen and oxygen atoms in total. The normalized spacial score (nSPS) is 17.7. The Balaban J connectivity index is 1.66. The number of likely N-dealkylation sites (tertiary alicyclic amines) is 1. The molecule has 1 atom stereocenters. The van der Waals surface area contributed by atoms with E-state index in [4.69, 9.17) is 4.42 Å². The summed E-state index contributed by atoms with van der Waals surface area (Å²) in [5.41, 5.74) is 0.526. The second-order valence-electron chi connectivity index (χ2n) is 7.36. The highest BCUT2D eigenvalue weighted by Gasteiger charge is 2.32. The average molecular weight is 417 g/mol. The lowest BCUT2D eigenvalue weighted by Gasteiger charge is -2.33. The molecular weight excluding hydrogens is 394 g/mol. The van der Waals surface area contributed by atoms with E-state index in [0.29, 0.717) is 30.3 Å². The van der Waals surface area contributed by atoms with E-state index in [1.165, 1.54) is 17.0 Å². The van der Waals surface area contributed by atoms with Gasteiger partial charge in [0.25, 0.3) is 11.7 Å². The van der Waals surface area contributed by atoms with Crippen molar-refractivity contribution in [1.29, 1.82) is 0 Å². The highest BCUT2D eigenvalue weighted by atomic mass is 32.2. The van der Waals surface area contributed by atoms with Crippen molar-refractivity contribution in [3.63, 3.8) is 0 Å². The number of aromatic nitrogens is 4. The minimum absolute atomic E-state index is 0.123. The van der Waals surface area contributed by atoms with Crippen LogP contribution in [0.1, 0.15) is 54.1 Å². The molecule has 1 aliphatic rings. The summed E-state index contributed by atoms with van der Waals surface area (Å²) in [5.74, 6) is 1.07. The molecule has 0 aliphatic carbocycles. The Bertz CT molecular complexity index is 1150. The maximum atomic E-state index is 13.0. The molecule has 4 heterocycles. The van der Waals surface area contributed by atoms with Crippen molar-refractivity contribution in [2.75, 3.05) is 19.3 Å². The molecule has 1 aliphatic heterocycles. The summed E-state index contributed by atoms with van der Waals surface area (Å²) >= 11 is 0. The summed E-state index contributed by atoms with van der Waals surface area (Å²) in [6, 6.07) is 3.54. The van der Waals surface area contributed by atoms with Gasteiger partial charge in [-0.25, -0.2) is 13.4 Å². The van der Waals surface area contributed by atoms with E-state index < -0.39 is 9.84 Å². The van der Waals surface area contributed by atoms with Gasteiger partial charge in [0.05, 0.1) is 11.9 Å². The number of hydrogen-bond donors (Lipinski definition) is 0. The minimum atomic E-state index is -3.52. The van der Waals surface area contributed by atoms with Crippen LogP contribution >= 0.6 is 0 Å². The number of piperidine rings is 1. The molecule has 3 aromatic rings. The molecule has 0 N–H and O–H groups in total. The van der Waals surface area contributed by atoms with Gasteiger partial charge in [-0.15, -0.1) is 0 Å². The van der Waals surface area contributed by atoms with Gasteiger partial charge in [-0.05, 0) is 31.4 Å². The number of furan rings is 1. The van der Waals surface area contributed by atoms with Crippen LogP contribution in [-0.4, -0.2) is 58.2 Å². The first-order valence-corrected chi connectivity index (χ1v) is 11.5. The van der Waals surface area contributed by atoms with E-state index in [-0.39, 0.29) is 16.7 Å². The van der Waals surface area contributed by atoms with Crippen molar-refractivity contribution >= 4 is 21.5 Å². The Kier molecular flexibility index (Phi) is 5.12. The average Bonchev–Trinajstić information content (AvgIpc) is 3.35. The molecule has 4 rings (SSSR count). The van der Waals surface area contributed by atoms with Crippen LogP contribution in [0, 0.1) is 0 Å². The van der Waals surface area contributed by atoms with E-state index in [2.05, 4.69) is 22.0 Å². The maximum absolute atomic E-state index is 13.0. The third kappa shape index (κ3) is 3.76. The van der Waals surface area contributed by atoms with Gasteiger partial charge in [-0.2, -0.15) is 14.6 Å². The molecule has 154 valence electrons. The Morgan fingerprint density at radius 1 is 1.31 bits per heavy atom. The molecule has 0 aromatic carbocycles. The second kappa shape index (κ2) is 7.58. The molecule has 1 unspecified atom stereocenters. The number of amides is 1. The van der Waals surface area contributed by atoms with Crippen LogP contribution in [0.2, 0.25) is 0 Å². The van der Waals surface area contributed by atoms with Crippen LogP contribution in [0.5, 0.6) is 0 Å². The van der Waals surface area contributed by atoms with E-state index in [0.717, 1.165) is 37.7 Å². The quantitative estimate of drug-likeness (QED) is 0.625. The summed E-state index contributed by atoms with van der Waals surface area (Å²) in [4.78, 5) is 23.0. The van der Waals surface area contributed by atoms with Crippen LogP contribution in [0.3, 0.4) is 0 Å². The van der Waals surface area contributed by atoms with Crippen LogP contribution < -0.4 is 0 Å². The number of fused-ring (bicyclic) bond motifs is 1. The Morgan fingerprint density at radius 2 is 2.14 bits per heavy atom. The fourth-order valence-corrected chi connectivity index (χ4v) is 4.73. The van der Waals surface area contributed by atoms with Gasteiger partial charge < -0.3 is 9.32 Å². The van der Waals surface area contributed by atoms with Crippen molar-refractivity contribution in [2.45, 2.75) is 43.4 Å². The summed E-state index contributed by atoms with van der Waals surface area (Å²) in [7, 11) is -3.52. The SMILES string of the molecule is CCCc1ccc(C(=O)N2CCCC(c3c(S(C)(=O)=O)cnc4ncnn34)C2)o1. The molecule has 1 fully saturated rings. The zero-order valence-corrected chi connectivity index (χ0v) is 17.2. The monoisotopic (exact) mass is 417 g/mol. The number of carbonyl (C=O) groups is 1. The molecule has 29 heavy (non-hydrogen) atoms. The first-order valence-electron chi connectivity index (χ1n) is 9.65. The molecule has 10 heteroatoms. The summed E-state index contributed by atoms with van der Waals surface area (Å²) in [6.07, 6.45) is 7.05.